The van der Waals surface area contributed by atoms with Crippen LogP contribution in [0.25, 0.3) is 0 Å². The number of nitrogens with zero attached hydrogens (tertiary/aromatic N) is 2. The second-order valence-corrected chi connectivity index (χ2v) is 3.71. The Morgan fingerprint density at radius 1 is 1.32 bits per heavy atom. The van der Waals surface area contributed by atoms with Crippen LogP contribution in [0.1, 0.15) is 6.42 Å². The first-order valence-corrected chi connectivity index (χ1v) is 5.41. The van der Waals surface area contributed by atoms with Crippen LogP contribution in [0, 0.1) is 0 Å². The van der Waals surface area contributed by atoms with Gasteiger partial charge in [-0.15, -0.1) is 13.2 Å². The summed E-state index contributed by atoms with van der Waals surface area (Å²) in [5, 5.41) is 7.57. The molecule has 0 bridgehead atoms. The molecule has 102 valence electrons. The van der Waals surface area contributed by atoms with Gasteiger partial charge in [0.2, 0.25) is 0 Å². The molecule has 0 saturated carbocycles. The van der Waals surface area contributed by atoms with E-state index in [4.69, 9.17) is 0 Å². The number of carbonyl (C=O) groups excluding carboxylic acids is 1. The van der Waals surface area contributed by atoms with Gasteiger partial charge in [-0.25, -0.2) is 9.80 Å². The molecular weight excluding hydrogens is 263 g/mol. The number of hydrogen-bond acceptors (Lipinski definition) is 3. The number of anilines is 1. The van der Waals surface area contributed by atoms with E-state index in [0.717, 1.165) is 12.1 Å². The highest BCUT2D eigenvalue weighted by atomic mass is 19.4. The standard InChI is InChI=1S/C11H10F3N3O2/c12-11(13,14)19-9-4-2-8(3-5-9)16-10(18)17-7-1-6-15-17/h2-6H,1,7H2,(H,16,18). The molecule has 2 rings (SSSR count). The van der Waals surface area contributed by atoms with E-state index >= 15 is 0 Å². The summed E-state index contributed by atoms with van der Waals surface area (Å²) in [4.78, 5) is 11.6. The molecule has 0 unspecified atom stereocenters. The smallest absolute Gasteiger partial charge is 0.406 e. The number of benzene rings is 1. The first-order chi connectivity index (χ1) is 8.94. The molecule has 5 nitrogen and oxygen atoms in total. The predicted molar refractivity (Wildman–Crippen MR) is 62.0 cm³/mol. The summed E-state index contributed by atoms with van der Waals surface area (Å²) in [6.45, 7) is 0.487. The molecule has 1 aromatic rings. The van der Waals surface area contributed by atoms with E-state index in [1.54, 1.807) is 6.21 Å². The number of hydrazone groups is 1. The van der Waals surface area contributed by atoms with Crippen molar-refractivity contribution in [2.24, 2.45) is 5.10 Å². The van der Waals surface area contributed by atoms with Crippen LogP contribution in [0.2, 0.25) is 0 Å². The summed E-state index contributed by atoms with van der Waals surface area (Å²) in [5.74, 6) is -0.343. The number of urea groups is 1. The Kier molecular flexibility index (Phi) is 3.59. The second-order valence-electron chi connectivity index (χ2n) is 3.71. The minimum Gasteiger partial charge on any atom is -0.406 e. The zero-order valence-corrected chi connectivity index (χ0v) is 9.65. The highest BCUT2D eigenvalue weighted by Gasteiger charge is 2.31. The van der Waals surface area contributed by atoms with Crippen LogP contribution in [-0.4, -0.2) is 30.2 Å². The maximum atomic E-state index is 11.9. The lowest BCUT2D eigenvalue weighted by Crippen LogP contribution is -2.28. The number of alkyl halides is 3. The lowest BCUT2D eigenvalue weighted by atomic mass is 10.3. The molecule has 8 heteroatoms. The van der Waals surface area contributed by atoms with Crippen molar-refractivity contribution in [3.8, 4) is 5.75 Å². The Hall–Kier alpha value is -2.25. The summed E-state index contributed by atoms with van der Waals surface area (Å²) >= 11 is 0. The van der Waals surface area contributed by atoms with Gasteiger partial charge in [0.1, 0.15) is 5.75 Å². The Balaban J connectivity index is 1.95. The molecule has 1 N–H and O–H groups in total. The summed E-state index contributed by atoms with van der Waals surface area (Å²) in [6.07, 6.45) is -2.43. The maximum Gasteiger partial charge on any atom is 0.573 e. The quantitative estimate of drug-likeness (QED) is 0.900. The topological polar surface area (TPSA) is 53.9 Å². The van der Waals surface area contributed by atoms with Crippen molar-refractivity contribution in [2.75, 3.05) is 11.9 Å². The molecule has 1 aliphatic heterocycles. The molecule has 2 amide bonds. The molecule has 0 saturated heterocycles. The number of hydrogen-bond donors (Lipinski definition) is 1. The van der Waals surface area contributed by atoms with Gasteiger partial charge in [0, 0.05) is 18.3 Å². The number of amides is 2. The van der Waals surface area contributed by atoms with E-state index in [-0.39, 0.29) is 5.75 Å². The highest BCUT2D eigenvalue weighted by molar-refractivity contribution is 5.90. The highest BCUT2D eigenvalue weighted by Crippen LogP contribution is 2.24. The second kappa shape index (κ2) is 5.17. The molecule has 0 aliphatic carbocycles. The van der Waals surface area contributed by atoms with E-state index in [2.05, 4.69) is 15.2 Å². The van der Waals surface area contributed by atoms with Crippen molar-refractivity contribution in [3.63, 3.8) is 0 Å². The van der Waals surface area contributed by atoms with Crippen LogP contribution < -0.4 is 10.1 Å². The maximum absolute atomic E-state index is 11.9. The van der Waals surface area contributed by atoms with Gasteiger partial charge in [-0.2, -0.15) is 5.10 Å². The Labute approximate surface area is 106 Å². The number of rotatable bonds is 2. The van der Waals surface area contributed by atoms with Gasteiger partial charge in [0.25, 0.3) is 0 Å². The Morgan fingerprint density at radius 3 is 2.53 bits per heavy atom. The number of ether oxygens (including phenoxy) is 1. The lowest BCUT2D eigenvalue weighted by molar-refractivity contribution is -0.274. The van der Waals surface area contributed by atoms with Crippen LogP contribution in [0.3, 0.4) is 0 Å². The zero-order valence-electron chi connectivity index (χ0n) is 9.65. The molecule has 19 heavy (non-hydrogen) atoms. The molecule has 0 spiro atoms. The van der Waals surface area contributed by atoms with Gasteiger partial charge in [0.15, 0.2) is 0 Å². The van der Waals surface area contributed by atoms with Crippen LogP contribution in [0.15, 0.2) is 29.4 Å². The van der Waals surface area contributed by atoms with Crippen LogP contribution in [0.4, 0.5) is 23.7 Å². The normalized spacial score (nSPS) is 14.6. The average Bonchev–Trinajstić information content (AvgIpc) is 2.83. The third-order valence-corrected chi connectivity index (χ3v) is 2.26. The van der Waals surface area contributed by atoms with Crippen molar-refractivity contribution in [1.29, 1.82) is 0 Å². The van der Waals surface area contributed by atoms with Gasteiger partial charge in [0.05, 0.1) is 6.54 Å². The van der Waals surface area contributed by atoms with Gasteiger partial charge < -0.3 is 10.1 Å². The molecule has 1 aliphatic rings. The van der Waals surface area contributed by atoms with Gasteiger partial charge in [-0.3, -0.25) is 0 Å². The van der Waals surface area contributed by atoms with Crippen molar-refractivity contribution in [2.45, 2.75) is 12.8 Å². The minimum atomic E-state index is -4.73. The molecule has 1 aromatic carbocycles. The van der Waals surface area contributed by atoms with E-state index in [1.165, 1.54) is 17.1 Å². The van der Waals surface area contributed by atoms with Crippen molar-refractivity contribution in [3.05, 3.63) is 24.3 Å². The van der Waals surface area contributed by atoms with E-state index < -0.39 is 12.4 Å². The fourth-order valence-corrected chi connectivity index (χ4v) is 1.48. The summed E-state index contributed by atoms with van der Waals surface area (Å²) in [7, 11) is 0. The largest absolute Gasteiger partial charge is 0.573 e. The van der Waals surface area contributed by atoms with Crippen molar-refractivity contribution in [1.82, 2.24) is 5.01 Å². The first-order valence-electron chi connectivity index (χ1n) is 5.41. The predicted octanol–water partition coefficient (Wildman–Crippen LogP) is 2.81. The minimum absolute atomic E-state index is 0.343. The van der Waals surface area contributed by atoms with Crippen LogP contribution in [-0.2, 0) is 0 Å². The molecule has 0 atom stereocenters. The Morgan fingerprint density at radius 2 is 2.00 bits per heavy atom. The molecule has 0 aromatic heterocycles. The van der Waals surface area contributed by atoms with Crippen LogP contribution in [0.5, 0.6) is 5.75 Å². The van der Waals surface area contributed by atoms with Crippen molar-refractivity contribution >= 4 is 17.9 Å². The monoisotopic (exact) mass is 273 g/mol. The van der Waals surface area contributed by atoms with E-state index in [0.29, 0.717) is 18.7 Å². The third kappa shape index (κ3) is 3.87. The van der Waals surface area contributed by atoms with Gasteiger partial charge in [-0.1, -0.05) is 0 Å². The van der Waals surface area contributed by atoms with Gasteiger partial charge >= 0.3 is 12.4 Å². The zero-order chi connectivity index (χ0) is 13.9. The SMILES string of the molecule is O=C(Nc1ccc(OC(F)(F)F)cc1)N1CCC=N1. The summed E-state index contributed by atoms with van der Waals surface area (Å²) < 4.78 is 39.5. The van der Waals surface area contributed by atoms with Gasteiger partial charge in [-0.05, 0) is 24.3 Å². The Bertz CT molecular complexity index is 485. The van der Waals surface area contributed by atoms with E-state index in [1.807, 2.05) is 0 Å². The van der Waals surface area contributed by atoms with E-state index in [9.17, 15) is 18.0 Å². The number of nitrogens with one attached hydrogen (secondary N) is 1. The third-order valence-electron chi connectivity index (χ3n) is 2.26. The van der Waals surface area contributed by atoms with Crippen molar-refractivity contribution < 1.29 is 22.7 Å². The molecule has 0 radical (unpaired) electrons. The average molecular weight is 273 g/mol. The number of halogens is 3. The fourth-order valence-electron chi connectivity index (χ4n) is 1.48. The first kappa shape index (κ1) is 13.2. The summed E-state index contributed by atoms with van der Waals surface area (Å²) in [5.41, 5.74) is 0.363. The van der Waals surface area contributed by atoms with Crippen LogP contribution >= 0.6 is 0 Å². The molecular formula is C11H10F3N3O2. The lowest BCUT2D eigenvalue weighted by Gasteiger charge is -2.13. The fraction of sp³-hybridized carbons (Fsp3) is 0.273. The molecule has 0 fully saturated rings. The summed E-state index contributed by atoms with van der Waals surface area (Å²) in [6, 6.07) is 4.45. The number of carbonyl (C=O) groups is 1. The molecule has 1 heterocycles.